The van der Waals surface area contributed by atoms with E-state index in [9.17, 15) is 0 Å². The fraction of sp³-hybridized carbons (Fsp3) is 0. The van der Waals surface area contributed by atoms with Crippen LogP contribution in [-0.4, -0.2) is 79.7 Å². The Morgan fingerprint density at radius 2 is 0.538 bits per heavy atom. The van der Waals surface area contributed by atoms with Crippen molar-refractivity contribution in [1.82, 2.24) is 79.7 Å². The van der Waals surface area contributed by atoms with Crippen LogP contribution in [0.2, 0.25) is 0 Å². The van der Waals surface area contributed by atoms with Crippen LogP contribution in [0, 0.1) is 0 Å². The van der Waals surface area contributed by atoms with Crippen molar-refractivity contribution in [2.75, 3.05) is 0 Å². The topological polar surface area (TPSA) is 206 Å². The van der Waals surface area contributed by atoms with E-state index in [2.05, 4.69) is 126 Å². The third kappa shape index (κ3) is 14.1. The quantitative estimate of drug-likeness (QED) is 0.111. The maximum absolute atomic E-state index is 4.91. The molecule has 0 aliphatic carbocycles. The molecule has 16 nitrogen and oxygen atoms in total. The van der Waals surface area contributed by atoms with Gasteiger partial charge in [0.25, 0.3) is 0 Å². The molecule has 498 valence electrons. The number of aromatic nitrogens is 16. The highest BCUT2D eigenvalue weighted by Crippen LogP contribution is 2.35. The van der Waals surface area contributed by atoms with Crippen LogP contribution in [0.4, 0.5) is 0 Å². The van der Waals surface area contributed by atoms with Gasteiger partial charge in [0, 0.05) is 132 Å². The summed E-state index contributed by atoms with van der Waals surface area (Å²) >= 11 is 0. The highest BCUT2D eigenvalue weighted by molar-refractivity contribution is 5.95. The molecule has 0 aliphatic rings. The summed E-state index contributed by atoms with van der Waals surface area (Å²) in [4.78, 5) is 73.7. The van der Waals surface area contributed by atoms with Crippen LogP contribution in [0.15, 0.2) is 353 Å². The van der Waals surface area contributed by atoms with Gasteiger partial charge in [-0.3, -0.25) is 15.0 Å². The summed E-state index contributed by atoms with van der Waals surface area (Å²) < 4.78 is 0. The molecule has 0 amide bonds. The number of hydrogen-bond acceptors (Lipinski definition) is 16. The molecule has 0 aliphatic heterocycles. The molecule has 19 aromatic rings. The average Bonchev–Trinajstić information content (AvgIpc) is 0.791. The molecule has 0 atom stereocenters. The lowest BCUT2D eigenvalue weighted by Crippen LogP contribution is -2.00. The third-order valence-corrected chi connectivity index (χ3v) is 17.9. The highest BCUT2D eigenvalue weighted by atomic mass is 15.1. The van der Waals surface area contributed by atoms with Crippen molar-refractivity contribution >= 4 is 43.5 Å². The summed E-state index contributed by atoms with van der Waals surface area (Å²) in [7, 11) is 0. The lowest BCUT2D eigenvalue weighted by Gasteiger charge is -2.10. The van der Waals surface area contributed by atoms with Gasteiger partial charge < -0.3 is 0 Å². The molecule has 0 saturated heterocycles. The van der Waals surface area contributed by atoms with E-state index < -0.39 is 0 Å². The van der Waals surface area contributed by atoms with Gasteiger partial charge in [0.05, 0.1) is 16.6 Å². The molecule has 0 unspecified atom stereocenters. The van der Waals surface area contributed by atoms with E-state index in [1.165, 1.54) is 0 Å². The molecule has 0 radical (unpaired) electrons. The van der Waals surface area contributed by atoms with Gasteiger partial charge >= 0.3 is 0 Å². The molecule has 106 heavy (non-hydrogen) atoms. The van der Waals surface area contributed by atoms with Crippen LogP contribution in [0.1, 0.15) is 0 Å². The monoisotopic (exact) mass is 1360 g/mol. The largest absolute Gasteiger partial charge is 0.264 e. The van der Waals surface area contributed by atoms with Gasteiger partial charge in [-0.1, -0.05) is 261 Å². The first kappa shape index (κ1) is 64.5. The van der Waals surface area contributed by atoms with Gasteiger partial charge in [0.1, 0.15) is 12.7 Å². The molecule has 16 heteroatoms. The molecule has 0 spiro atoms. The van der Waals surface area contributed by atoms with E-state index in [4.69, 9.17) is 44.9 Å². The van der Waals surface area contributed by atoms with E-state index >= 15 is 0 Å². The zero-order valence-electron chi connectivity index (χ0n) is 56.6. The predicted octanol–water partition coefficient (Wildman–Crippen LogP) is 20.0. The van der Waals surface area contributed by atoms with Gasteiger partial charge in [-0.25, -0.2) is 64.8 Å². The lowest BCUT2D eigenvalue weighted by atomic mass is 10.0. The Hall–Kier alpha value is -14.9. The zero-order chi connectivity index (χ0) is 70.8. The van der Waals surface area contributed by atoms with Crippen molar-refractivity contribution in [3.8, 4) is 136 Å². The Labute approximate surface area is 608 Å². The average molecular weight is 1360 g/mol. The molecule has 0 fully saturated rings. The zero-order valence-corrected chi connectivity index (χ0v) is 56.6. The Bertz CT molecular complexity index is 5970. The standard InChI is InChI=1S/C33H21N5.C31H19N7.C26H18N4/c1-2-6-24(7-3-1)31-36-32(38-33(37-31)27-15-16-28-21-34-19-17-26(28)20-27)25-13-11-22(12-14-25)29-10-4-8-23-9-5-18-35-30(23)29;1-2-5-21(6-3-1)29-36-30(38-31(37-29)23-13-14-24-16-32-18-34-27(24)15-23)22-11-9-20(10-12-22)26-8-4-7-25-17-33-19-35-28(25)26;1-3-9-19(10-4-1)24-28-25(20-11-5-2-6-12-20)30-26(29-24)22-14-7-13-21(17-22)23-15-8-16-27-18-23/h1-21H;1-19H;1-18H. The van der Waals surface area contributed by atoms with Gasteiger partial charge in [-0.05, 0) is 58.5 Å². The van der Waals surface area contributed by atoms with E-state index in [-0.39, 0.29) is 0 Å². The molecular formula is C90H58N16. The fourth-order valence-corrected chi connectivity index (χ4v) is 12.5. The molecule has 19 rings (SSSR count). The fourth-order valence-electron chi connectivity index (χ4n) is 12.5. The molecule has 0 saturated carbocycles. The maximum atomic E-state index is 4.91. The normalized spacial score (nSPS) is 11.0. The second-order valence-electron chi connectivity index (χ2n) is 24.7. The molecule has 8 heterocycles. The second-order valence-corrected chi connectivity index (χ2v) is 24.7. The maximum Gasteiger partial charge on any atom is 0.164 e. The lowest BCUT2D eigenvalue weighted by molar-refractivity contribution is 1.07. The minimum absolute atomic E-state index is 0.587. The van der Waals surface area contributed by atoms with Crippen molar-refractivity contribution in [3.63, 3.8) is 0 Å². The molecular weight excluding hydrogens is 1310 g/mol. The number of benzene rings is 11. The second kappa shape index (κ2) is 29.7. The summed E-state index contributed by atoms with van der Waals surface area (Å²) in [6.45, 7) is 0. The van der Waals surface area contributed by atoms with Crippen LogP contribution in [-0.2, 0) is 0 Å². The smallest absolute Gasteiger partial charge is 0.164 e. The third-order valence-electron chi connectivity index (χ3n) is 17.9. The van der Waals surface area contributed by atoms with Crippen molar-refractivity contribution in [3.05, 3.63) is 353 Å². The van der Waals surface area contributed by atoms with Crippen LogP contribution < -0.4 is 0 Å². The Kier molecular flexibility index (Phi) is 18.1. The summed E-state index contributed by atoms with van der Waals surface area (Å²) in [5.41, 5.74) is 17.5. The predicted molar refractivity (Wildman–Crippen MR) is 419 cm³/mol. The molecule has 0 N–H and O–H groups in total. The minimum Gasteiger partial charge on any atom is -0.264 e. The van der Waals surface area contributed by atoms with Crippen LogP contribution in [0.3, 0.4) is 0 Å². The summed E-state index contributed by atoms with van der Waals surface area (Å²) in [6, 6.07) is 99.3. The van der Waals surface area contributed by atoms with Crippen molar-refractivity contribution in [2.24, 2.45) is 0 Å². The SMILES string of the molecule is c1ccc(-c2nc(-c3ccc(-c4cccc5cccnc45)cc3)nc(-c3ccc4cnccc4c3)n2)cc1.c1ccc(-c2nc(-c3ccc(-c4cccc5cncnc45)cc3)nc(-c3ccc4cncnc4c3)n2)cc1.c1ccc(-c2nc(-c3ccccc3)nc(-c3cccc(-c4cccnc4)c3)n2)cc1. The molecule has 8 aromatic heterocycles. The highest BCUT2D eigenvalue weighted by Gasteiger charge is 2.18. The number of fused-ring (bicyclic) bond motifs is 4. The Morgan fingerprint density at radius 1 is 0.170 bits per heavy atom. The molecule has 0 bridgehead atoms. The number of para-hydroxylation sites is 2. The number of nitrogens with zero attached hydrogens (tertiary/aromatic N) is 16. The number of pyridine rings is 3. The van der Waals surface area contributed by atoms with Crippen LogP contribution >= 0.6 is 0 Å². The van der Waals surface area contributed by atoms with Crippen molar-refractivity contribution < 1.29 is 0 Å². The Morgan fingerprint density at radius 3 is 1.07 bits per heavy atom. The van der Waals surface area contributed by atoms with Crippen LogP contribution in [0.25, 0.3) is 179 Å². The van der Waals surface area contributed by atoms with Gasteiger partial charge in [0.15, 0.2) is 52.4 Å². The summed E-state index contributed by atoms with van der Waals surface area (Å²) in [5.74, 6) is 5.67. The van der Waals surface area contributed by atoms with Crippen molar-refractivity contribution in [2.45, 2.75) is 0 Å². The van der Waals surface area contributed by atoms with Crippen molar-refractivity contribution in [1.29, 1.82) is 0 Å². The van der Waals surface area contributed by atoms with Gasteiger partial charge in [-0.15, -0.1) is 0 Å². The van der Waals surface area contributed by atoms with Gasteiger partial charge in [-0.2, -0.15) is 0 Å². The van der Waals surface area contributed by atoms with E-state index in [0.29, 0.717) is 52.4 Å². The Balaban J connectivity index is 0.000000118. The van der Waals surface area contributed by atoms with Gasteiger partial charge in [0.2, 0.25) is 0 Å². The first-order valence-corrected chi connectivity index (χ1v) is 34.3. The molecule has 11 aromatic carbocycles. The van der Waals surface area contributed by atoms with E-state index in [0.717, 1.165) is 127 Å². The number of hydrogen-bond donors (Lipinski definition) is 0. The minimum atomic E-state index is 0.587. The van der Waals surface area contributed by atoms with E-state index in [1.807, 2.05) is 231 Å². The first-order chi connectivity index (χ1) is 52.5. The summed E-state index contributed by atoms with van der Waals surface area (Å²) in [5, 5.41) is 5.25. The van der Waals surface area contributed by atoms with Crippen LogP contribution in [0.5, 0.6) is 0 Å². The summed E-state index contributed by atoms with van der Waals surface area (Å²) in [6.07, 6.45) is 15.9. The number of rotatable bonds is 12. The van der Waals surface area contributed by atoms with E-state index in [1.54, 1.807) is 31.2 Å². The first-order valence-electron chi connectivity index (χ1n) is 34.3.